The molecule has 0 aliphatic carbocycles. The Labute approximate surface area is 517 Å². The third-order valence-electron chi connectivity index (χ3n) is 16.5. The van der Waals surface area contributed by atoms with Crippen molar-refractivity contribution in [2.24, 2.45) is 0 Å². The molecule has 0 heterocycles. The number of carbonyl (C=O) groups excluding carboxylic acids is 3. The van der Waals surface area contributed by atoms with Gasteiger partial charge in [-0.05, 0) is 83.5 Å². The molecule has 6 heteroatoms. The summed E-state index contributed by atoms with van der Waals surface area (Å²) in [6.45, 7) is 6.60. The highest BCUT2D eigenvalue weighted by Gasteiger charge is 2.19. The molecular weight excluding hydrogens is 1020 g/mol. The van der Waals surface area contributed by atoms with Crippen LogP contribution in [0.3, 0.4) is 0 Å². The molecular formula is C77H140O6. The number of esters is 3. The summed E-state index contributed by atoms with van der Waals surface area (Å²) < 4.78 is 17.0. The molecule has 0 rings (SSSR count). The van der Waals surface area contributed by atoms with Crippen LogP contribution in [-0.2, 0) is 28.6 Å². The summed E-state index contributed by atoms with van der Waals surface area (Å²) in [6, 6.07) is 0. The van der Waals surface area contributed by atoms with Gasteiger partial charge in [-0.25, -0.2) is 0 Å². The second-order valence-electron chi connectivity index (χ2n) is 24.8. The zero-order valence-electron chi connectivity index (χ0n) is 55.7. The van der Waals surface area contributed by atoms with Crippen LogP contribution in [-0.4, -0.2) is 37.2 Å². The normalized spacial score (nSPS) is 12.4. The molecule has 83 heavy (non-hydrogen) atoms. The van der Waals surface area contributed by atoms with Crippen molar-refractivity contribution in [3.63, 3.8) is 0 Å². The molecule has 0 aromatic carbocycles. The molecule has 0 spiro atoms. The summed E-state index contributed by atoms with van der Waals surface area (Å²) >= 11 is 0. The van der Waals surface area contributed by atoms with Gasteiger partial charge < -0.3 is 14.2 Å². The van der Waals surface area contributed by atoms with Crippen LogP contribution in [0, 0.1) is 0 Å². The first-order chi connectivity index (χ1) is 41.0. The third kappa shape index (κ3) is 69.8. The van der Waals surface area contributed by atoms with Crippen LogP contribution < -0.4 is 0 Å². The van der Waals surface area contributed by atoms with E-state index in [4.69, 9.17) is 14.2 Å². The summed E-state index contributed by atoms with van der Waals surface area (Å²) in [5.41, 5.74) is 0. The minimum Gasteiger partial charge on any atom is -0.462 e. The van der Waals surface area contributed by atoms with Crippen molar-refractivity contribution in [3.8, 4) is 0 Å². The Balaban J connectivity index is 4.25. The van der Waals surface area contributed by atoms with E-state index in [1.54, 1.807) is 0 Å². The highest BCUT2D eigenvalue weighted by atomic mass is 16.6. The SMILES string of the molecule is CC/C=C\C/C=C\C/C=C\C/C=C\CCCCCCCCCCCCCCCCCCC(=O)OCC(COC(=O)CCCCCCCCCCCCCCCCCCC)OC(=O)CCCCCCCCCCC/C=C\CCCCCCCC. The van der Waals surface area contributed by atoms with Crippen LogP contribution in [0.2, 0.25) is 0 Å². The third-order valence-corrected chi connectivity index (χ3v) is 16.5. The lowest BCUT2D eigenvalue weighted by atomic mass is 10.0. The highest BCUT2D eigenvalue weighted by Crippen LogP contribution is 2.19. The Kier molecular flexibility index (Phi) is 69.1. The average molecular weight is 1160 g/mol. The van der Waals surface area contributed by atoms with Crippen molar-refractivity contribution < 1.29 is 28.6 Å². The largest absolute Gasteiger partial charge is 0.462 e. The molecule has 0 fully saturated rings. The molecule has 6 nitrogen and oxygen atoms in total. The van der Waals surface area contributed by atoms with E-state index in [-0.39, 0.29) is 31.1 Å². The minimum atomic E-state index is -0.774. The number of hydrogen-bond donors (Lipinski definition) is 0. The molecule has 0 N–H and O–H groups in total. The standard InChI is InChI=1S/C77H140O6/c1-4-7-10-13-16-19-22-25-28-31-33-34-35-36-37-38-39-40-41-42-44-46-49-52-55-58-61-64-67-70-76(79)82-73-74(72-81-75(78)69-66-63-60-57-54-51-48-45-30-27-24-21-18-15-12-9-6-3)83-77(80)71-68-65-62-59-56-53-50-47-43-32-29-26-23-20-17-14-11-8-5-2/h7,10,16,19,25-26,28-29,33-34,74H,4-6,8-9,11-15,17-18,20-24,27,30-32,35-73H2,1-3H3/b10-7-,19-16-,28-25-,29-26-,34-33-. The van der Waals surface area contributed by atoms with Gasteiger partial charge >= 0.3 is 17.9 Å². The van der Waals surface area contributed by atoms with Gasteiger partial charge in [-0.2, -0.15) is 0 Å². The Bertz CT molecular complexity index is 1470. The second-order valence-corrected chi connectivity index (χ2v) is 24.8. The lowest BCUT2D eigenvalue weighted by molar-refractivity contribution is -0.167. The van der Waals surface area contributed by atoms with Crippen molar-refractivity contribution in [2.75, 3.05) is 13.2 Å². The molecule has 0 aromatic rings. The molecule has 0 saturated heterocycles. The van der Waals surface area contributed by atoms with E-state index >= 15 is 0 Å². The average Bonchev–Trinajstić information content (AvgIpc) is 3.49. The maximum absolute atomic E-state index is 13.0. The maximum atomic E-state index is 13.0. The number of unbranched alkanes of at least 4 members (excludes halogenated alkanes) is 47. The predicted octanol–water partition coefficient (Wildman–Crippen LogP) is 25.5. The molecule has 0 bridgehead atoms. The molecule has 0 radical (unpaired) electrons. The Morgan fingerprint density at radius 2 is 0.470 bits per heavy atom. The van der Waals surface area contributed by atoms with Crippen molar-refractivity contribution in [1.82, 2.24) is 0 Å². The Morgan fingerprint density at radius 3 is 0.747 bits per heavy atom. The predicted molar refractivity (Wildman–Crippen MR) is 362 cm³/mol. The van der Waals surface area contributed by atoms with E-state index in [0.29, 0.717) is 19.3 Å². The number of rotatable bonds is 68. The van der Waals surface area contributed by atoms with Crippen LogP contribution in [0.5, 0.6) is 0 Å². The summed E-state index contributed by atoms with van der Waals surface area (Å²) in [5, 5.41) is 0. The van der Waals surface area contributed by atoms with Crippen molar-refractivity contribution in [1.29, 1.82) is 0 Å². The number of allylic oxidation sites excluding steroid dienone is 10. The van der Waals surface area contributed by atoms with E-state index < -0.39 is 6.10 Å². The fraction of sp³-hybridized carbons (Fsp3) is 0.831. The molecule has 1 unspecified atom stereocenters. The Hall–Kier alpha value is -2.89. The van der Waals surface area contributed by atoms with Crippen LogP contribution in [0.4, 0.5) is 0 Å². The van der Waals surface area contributed by atoms with Gasteiger partial charge in [0.1, 0.15) is 13.2 Å². The van der Waals surface area contributed by atoms with Crippen LogP contribution in [0.25, 0.3) is 0 Å². The quantitative estimate of drug-likeness (QED) is 0.0261. The molecule has 0 aliphatic rings. The van der Waals surface area contributed by atoms with Gasteiger partial charge in [0.05, 0.1) is 0 Å². The van der Waals surface area contributed by atoms with Crippen LogP contribution >= 0.6 is 0 Å². The van der Waals surface area contributed by atoms with Crippen LogP contribution in [0.1, 0.15) is 393 Å². The lowest BCUT2D eigenvalue weighted by Gasteiger charge is -2.18. The molecule has 1 atom stereocenters. The van der Waals surface area contributed by atoms with Crippen LogP contribution in [0.15, 0.2) is 60.8 Å². The van der Waals surface area contributed by atoms with E-state index in [2.05, 4.69) is 81.5 Å². The van der Waals surface area contributed by atoms with Gasteiger partial charge in [-0.15, -0.1) is 0 Å². The summed E-state index contributed by atoms with van der Waals surface area (Å²) in [4.78, 5) is 38.5. The molecule has 0 amide bonds. The fourth-order valence-corrected chi connectivity index (χ4v) is 11.0. The fourth-order valence-electron chi connectivity index (χ4n) is 11.0. The number of ether oxygens (including phenoxy) is 3. The monoisotopic (exact) mass is 1160 g/mol. The highest BCUT2D eigenvalue weighted by molar-refractivity contribution is 5.71. The van der Waals surface area contributed by atoms with Crippen molar-refractivity contribution in [2.45, 2.75) is 399 Å². The Morgan fingerprint density at radius 1 is 0.253 bits per heavy atom. The van der Waals surface area contributed by atoms with Gasteiger partial charge in [0.25, 0.3) is 0 Å². The first kappa shape index (κ1) is 80.1. The number of hydrogen-bond acceptors (Lipinski definition) is 6. The summed E-state index contributed by atoms with van der Waals surface area (Å²) in [5.74, 6) is -0.841. The summed E-state index contributed by atoms with van der Waals surface area (Å²) in [7, 11) is 0. The van der Waals surface area contributed by atoms with E-state index in [1.165, 1.54) is 270 Å². The van der Waals surface area contributed by atoms with E-state index in [1.807, 2.05) is 0 Å². The van der Waals surface area contributed by atoms with E-state index in [9.17, 15) is 14.4 Å². The minimum absolute atomic E-state index is 0.0685. The van der Waals surface area contributed by atoms with E-state index in [0.717, 1.165) is 83.5 Å². The lowest BCUT2D eigenvalue weighted by Crippen LogP contribution is -2.30. The second kappa shape index (κ2) is 71.6. The summed E-state index contributed by atoms with van der Waals surface area (Å²) in [6.07, 6.45) is 92.5. The zero-order valence-corrected chi connectivity index (χ0v) is 55.7. The molecule has 0 saturated carbocycles. The maximum Gasteiger partial charge on any atom is 0.306 e. The topological polar surface area (TPSA) is 78.9 Å². The zero-order chi connectivity index (χ0) is 59.9. The van der Waals surface area contributed by atoms with Gasteiger partial charge in [-0.3, -0.25) is 14.4 Å². The molecule has 0 aromatic heterocycles. The smallest absolute Gasteiger partial charge is 0.306 e. The number of carbonyl (C=O) groups is 3. The van der Waals surface area contributed by atoms with Gasteiger partial charge in [0.2, 0.25) is 0 Å². The van der Waals surface area contributed by atoms with Gasteiger partial charge in [-0.1, -0.05) is 351 Å². The van der Waals surface area contributed by atoms with Gasteiger partial charge in [0.15, 0.2) is 6.10 Å². The van der Waals surface area contributed by atoms with Crippen molar-refractivity contribution >= 4 is 17.9 Å². The molecule has 484 valence electrons. The van der Waals surface area contributed by atoms with Crippen molar-refractivity contribution in [3.05, 3.63) is 60.8 Å². The molecule has 0 aliphatic heterocycles. The first-order valence-corrected chi connectivity index (χ1v) is 36.8. The van der Waals surface area contributed by atoms with Gasteiger partial charge in [0, 0.05) is 19.3 Å². The first-order valence-electron chi connectivity index (χ1n) is 36.8.